The number of carbonyl (C=O) groups is 1. The minimum atomic E-state index is -6.28. The predicted molar refractivity (Wildman–Crippen MR) is 111 cm³/mol. The van der Waals surface area contributed by atoms with E-state index in [-0.39, 0.29) is 33.6 Å². The fourth-order valence-corrected chi connectivity index (χ4v) is 3.97. The summed E-state index contributed by atoms with van der Waals surface area (Å²) < 4.78 is 93.2. The highest BCUT2D eigenvalue weighted by Crippen LogP contribution is 2.53. The normalized spacial score (nSPS) is 12.6. The van der Waals surface area contributed by atoms with Gasteiger partial charge >= 0.3 is 18.0 Å². The van der Waals surface area contributed by atoms with Crippen LogP contribution in [0.15, 0.2) is 12.1 Å². The van der Waals surface area contributed by atoms with Gasteiger partial charge in [0.2, 0.25) is 0 Å². The molecule has 0 aliphatic rings. The lowest BCUT2D eigenvalue weighted by molar-refractivity contribution is -0.386. The van der Waals surface area contributed by atoms with Gasteiger partial charge in [0.1, 0.15) is 0 Å². The number of nitrogens with one attached hydrogen (secondary N) is 1. The van der Waals surface area contributed by atoms with Gasteiger partial charge in [-0.3, -0.25) is 14.9 Å². The first-order valence-corrected chi connectivity index (χ1v) is 9.77. The third-order valence-corrected chi connectivity index (χ3v) is 5.95. The van der Waals surface area contributed by atoms with Crippen LogP contribution in [0.1, 0.15) is 49.3 Å². The van der Waals surface area contributed by atoms with Crippen molar-refractivity contribution in [2.24, 2.45) is 0 Å². The van der Waals surface area contributed by atoms with Crippen molar-refractivity contribution in [1.82, 2.24) is 0 Å². The molecule has 0 bridgehead atoms. The summed E-state index contributed by atoms with van der Waals surface area (Å²) in [5.74, 6) is -0.849. The van der Waals surface area contributed by atoms with Gasteiger partial charge < -0.3 is 5.32 Å². The maximum Gasteiger partial charge on any atom is 0.435 e. The maximum atomic E-state index is 14.5. The molecular weight excluding hydrogens is 473 g/mol. The SMILES string of the molecule is Cc1cc(C(F)(C(F)(F)F)C(F)(F)F)cc(C)c1NC(=O)c1c(C)c(C)c(C)c([N+](=O)[O-])c1C. The number of alkyl halides is 7. The molecule has 0 saturated carbocycles. The molecule has 1 amide bonds. The fourth-order valence-electron chi connectivity index (χ4n) is 3.97. The van der Waals surface area contributed by atoms with E-state index in [0.717, 1.165) is 13.8 Å². The molecule has 0 atom stereocenters. The summed E-state index contributed by atoms with van der Waals surface area (Å²) in [6, 6.07) is 0.734. The van der Waals surface area contributed by atoms with Gasteiger partial charge in [0.05, 0.1) is 10.5 Å². The van der Waals surface area contributed by atoms with Crippen molar-refractivity contribution in [1.29, 1.82) is 0 Å². The molecule has 5 nitrogen and oxygen atoms in total. The average molecular weight is 494 g/mol. The summed E-state index contributed by atoms with van der Waals surface area (Å²) in [5.41, 5.74) is -6.97. The van der Waals surface area contributed by atoms with Crippen LogP contribution >= 0.6 is 0 Å². The Labute approximate surface area is 190 Å². The van der Waals surface area contributed by atoms with E-state index in [1.165, 1.54) is 13.8 Å². The highest BCUT2D eigenvalue weighted by atomic mass is 19.4. The lowest BCUT2D eigenvalue weighted by Crippen LogP contribution is -2.50. The van der Waals surface area contributed by atoms with Crippen molar-refractivity contribution in [3.05, 3.63) is 66.8 Å². The molecule has 2 aromatic rings. The van der Waals surface area contributed by atoms with E-state index in [1.54, 1.807) is 13.8 Å². The largest absolute Gasteiger partial charge is 0.435 e. The number of carbonyl (C=O) groups excluding carboxylic acids is 1. The highest BCUT2D eigenvalue weighted by molar-refractivity contribution is 6.08. The van der Waals surface area contributed by atoms with E-state index in [0.29, 0.717) is 28.8 Å². The third kappa shape index (κ3) is 4.21. The Hall–Kier alpha value is -3.18. The Morgan fingerprint density at radius 1 is 0.794 bits per heavy atom. The third-order valence-electron chi connectivity index (χ3n) is 5.95. The van der Waals surface area contributed by atoms with Gasteiger partial charge in [-0.2, -0.15) is 26.3 Å². The molecule has 0 aliphatic heterocycles. The second-order valence-electron chi connectivity index (χ2n) is 8.07. The zero-order chi connectivity index (χ0) is 26.5. The molecule has 0 saturated heterocycles. The predicted octanol–water partition coefficient (Wildman–Crippen LogP) is 6.99. The topological polar surface area (TPSA) is 72.2 Å². The number of benzene rings is 2. The molecule has 0 heterocycles. The summed E-state index contributed by atoms with van der Waals surface area (Å²) in [4.78, 5) is 23.9. The van der Waals surface area contributed by atoms with E-state index in [4.69, 9.17) is 0 Å². The zero-order valence-corrected chi connectivity index (χ0v) is 19.0. The van der Waals surface area contributed by atoms with Gasteiger partial charge in [-0.25, -0.2) is 4.39 Å². The number of nitro benzene ring substituents is 1. The second kappa shape index (κ2) is 8.55. The molecule has 2 aromatic carbocycles. The summed E-state index contributed by atoms with van der Waals surface area (Å²) in [6.07, 6.45) is -12.6. The Bertz CT molecular complexity index is 1150. The van der Waals surface area contributed by atoms with Gasteiger partial charge in [0, 0.05) is 22.4 Å². The first-order valence-electron chi connectivity index (χ1n) is 9.77. The summed E-state index contributed by atoms with van der Waals surface area (Å²) >= 11 is 0. The molecule has 1 N–H and O–H groups in total. The van der Waals surface area contributed by atoms with Crippen LogP contribution in [0.5, 0.6) is 0 Å². The van der Waals surface area contributed by atoms with Crippen molar-refractivity contribution in [3.63, 3.8) is 0 Å². The number of rotatable bonds is 4. The fraction of sp³-hybridized carbons (Fsp3) is 0.409. The number of hydrogen-bond acceptors (Lipinski definition) is 3. The lowest BCUT2D eigenvalue weighted by atomic mass is 9.89. The van der Waals surface area contributed by atoms with E-state index in [9.17, 15) is 45.6 Å². The number of halogens is 7. The van der Waals surface area contributed by atoms with Crippen LogP contribution in [0.3, 0.4) is 0 Å². The summed E-state index contributed by atoms with van der Waals surface area (Å²) in [6.45, 7) is 8.24. The molecule has 0 fully saturated rings. The lowest BCUT2D eigenvalue weighted by Gasteiger charge is -2.31. The minimum Gasteiger partial charge on any atom is -0.321 e. The van der Waals surface area contributed by atoms with Gasteiger partial charge in [-0.05, 0) is 63.8 Å². The summed E-state index contributed by atoms with van der Waals surface area (Å²) in [7, 11) is 0. The smallest absolute Gasteiger partial charge is 0.321 e. The van der Waals surface area contributed by atoms with Gasteiger partial charge in [-0.1, -0.05) is 12.1 Å². The molecular formula is C22H21F7N2O3. The van der Waals surface area contributed by atoms with Crippen molar-refractivity contribution in [2.45, 2.75) is 59.6 Å². The standard InChI is InChI=1S/C22H21F7N2O3/c1-9-7-15(20(23,21(24,25)26)22(27,28)29)8-10(2)17(9)30-19(32)16-12(4)11(3)13(5)18(14(16)6)31(33)34/h7-8H,1-6H3,(H,30,32). The number of aryl methyl sites for hydroxylation is 2. The van der Waals surface area contributed by atoms with E-state index >= 15 is 0 Å². The molecule has 0 unspecified atom stereocenters. The second-order valence-corrected chi connectivity index (χ2v) is 8.07. The number of anilines is 1. The van der Waals surface area contributed by atoms with Crippen LogP contribution in [0, 0.1) is 51.7 Å². The van der Waals surface area contributed by atoms with Crippen LogP contribution < -0.4 is 5.32 Å². The quantitative estimate of drug-likeness (QED) is 0.283. The van der Waals surface area contributed by atoms with Crippen LogP contribution in [-0.4, -0.2) is 23.2 Å². The molecule has 12 heteroatoms. The monoisotopic (exact) mass is 494 g/mol. The van der Waals surface area contributed by atoms with Gasteiger partial charge in [0.15, 0.2) is 0 Å². The Morgan fingerprint density at radius 3 is 1.62 bits per heavy atom. The molecule has 2 rings (SSSR count). The van der Waals surface area contributed by atoms with Gasteiger partial charge in [-0.15, -0.1) is 0 Å². The van der Waals surface area contributed by atoms with E-state index in [2.05, 4.69) is 5.32 Å². The number of hydrogen-bond donors (Lipinski definition) is 1. The molecule has 34 heavy (non-hydrogen) atoms. The first kappa shape index (κ1) is 27.1. The Kier molecular flexibility index (Phi) is 6.81. The molecule has 0 aromatic heterocycles. The van der Waals surface area contributed by atoms with Crippen LogP contribution in [0.2, 0.25) is 0 Å². The van der Waals surface area contributed by atoms with Crippen molar-refractivity contribution in [3.8, 4) is 0 Å². The van der Waals surface area contributed by atoms with Crippen molar-refractivity contribution >= 4 is 17.3 Å². The summed E-state index contributed by atoms with van der Waals surface area (Å²) in [5, 5.41) is 13.9. The minimum absolute atomic E-state index is 0.0481. The molecule has 0 spiro atoms. The average Bonchev–Trinajstić information content (AvgIpc) is 2.66. The molecule has 186 valence electrons. The zero-order valence-electron chi connectivity index (χ0n) is 19.0. The van der Waals surface area contributed by atoms with E-state index in [1.807, 2.05) is 0 Å². The van der Waals surface area contributed by atoms with Crippen molar-refractivity contribution in [2.75, 3.05) is 5.32 Å². The van der Waals surface area contributed by atoms with Gasteiger partial charge in [0.25, 0.3) is 11.6 Å². The molecule has 0 aliphatic carbocycles. The van der Waals surface area contributed by atoms with Crippen LogP contribution in [-0.2, 0) is 5.67 Å². The van der Waals surface area contributed by atoms with E-state index < -0.39 is 34.4 Å². The molecule has 0 radical (unpaired) electrons. The highest BCUT2D eigenvalue weighted by Gasteiger charge is 2.73. The Morgan fingerprint density at radius 2 is 1.24 bits per heavy atom. The number of amides is 1. The number of nitro groups is 1. The van der Waals surface area contributed by atoms with Crippen LogP contribution in [0.25, 0.3) is 0 Å². The maximum absolute atomic E-state index is 14.5. The van der Waals surface area contributed by atoms with Crippen molar-refractivity contribution < 1.29 is 40.5 Å². The van der Waals surface area contributed by atoms with Crippen LogP contribution in [0.4, 0.5) is 42.1 Å². The Balaban J connectivity index is 2.64. The first-order chi connectivity index (χ1) is 15.3. The number of nitrogens with zero attached hydrogens (tertiary/aromatic N) is 1.